The average Bonchev–Trinajstić information content (AvgIpc) is 2.70. The van der Waals surface area contributed by atoms with Gasteiger partial charge in [0.05, 0.1) is 12.3 Å². The molecule has 0 fully saturated rings. The van der Waals surface area contributed by atoms with Crippen molar-refractivity contribution in [3.05, 3.63) is 23.0 Å². The summed E-state index contributed by atoms with van der Waals surface area (Å²) < 4.78 is 93.6. The van der Waals surface area contributed by atoms with Crippen molar-refractivity contribution < 1.29 is 40.3 Å². The van der Waals surface area contributed by atoms with Crippen LogP contribution in [0.1, 0.15) is 28.7 Å². The number of rotatable bonds is 4. The van der Waals surface area contributed by atoms with Crippen LogP contribution in [0.2, 0.25) is 0 Å². The summed E-state index contributed by atoms with van der Waals surface area (Å²) in [6.07, 6.45) is -6.45. The molecule has 1 heterocycles. The first-order valence-electron chi connectivity index (χ1n) is 5.55. The van der Waals surface area contributed by atoms with Crippen LogP contribution >= 0.6 is 0 Å². The highest BCUT2D eigenvalue weighted by atomic mass is 19.4. The van der Waals surface area contributed by atoms with E-state index in [2.05, 4.69) is 4.74 Å². The van der Waals surface area contributed by atoms with Crippen LogP contribution in [0.25, 0.3) is 0 Å². The number of aryl methyl sites for hydroxylation is 1. The topological polar surface area (TPSA) is 42.1 Å². The van der Waals surface area contributed by atoms with Gasteiger partial charge in [0.1, 0.15) is 5.69 Å². The van der Waals surface area contributed by atoms with E-state index in [9.17, 15) is 35.5 Å². The molecule has 0 aromatic carbocycles. The lowest BCUT2D eigenvalue weighted by atomic mass is 10.1. The summed E-state index contributed by atoms with van der Waals surface area (Å²) in [5, 5.41) is 0. The lowest BCUT2D eigenvalue weighted by Gasteiger charge is -2.28. The molecule has 0 unspecified atom stereocenters. The van der Waals surface area contributed by atoms with Gasteiger partial charge in [0.15, 0.2) is 0 Å². The second-order valence-corrected chi connectivity index (χ2v) is 4.11. The minimum Gasteiger partial charge on any atom is -0.461 e. The molecule has 0 amide bonds. The maximum absolute atomic E-state index is 13.5. The number of esters is 1. The van der Waals surface area contributed by atoms with Crippen LogP contribution in [0, 0.1) is 6.92 Å². The number of aromatic nitrogens is 1. The Bertz CT molecular complexity index is 533. The lowest BCUT2D eigenvalue weighted by molar-refractivity contribution is -0.360. The van der Waals surface area contributed by atoms with E-state index in [-0.39, 0.29) is 6.61 Å². The van der Waals surface area contributed by atoms with Crippen molar-refractivity contribution in [2.24, 2.45) is 0 Å². The Morgan fingerprint density at radius 2 is 1.71 bits per heavy atom. The highest BCUT2D eigenvalue weighted by Gasteiger charge is 2.74. The lowest BCUT2D eigenvalue weighted by Crippen LogP contribution is -2.50. The zero-order chi connectivity index (χ0) is 16.6. The standard InChI is InChI=1S/C11H10F7NO2/c1-3-21-8(20)6-4-5(2)7(19-6)9(12,13)10(14,15)11(16,17)18/h4,19H,3H2,1-2H3. The molecule has 10 heteroatoms. The summed E-state index contributed by atoms with van der Waals surface area (Å²) in [6.45, 7) is 2.15. The number of carbonyl (C=O) groups excluding carboxylic acids is 1. The van der Waals surface area contributed by atoms with Crippen molar-refractivity contribution >= 4 is 5.97 Å². The van der Waals surface area contributed by atoms with Gasteiger partial charge in [-0.1, -0.05) is 0 Å². The number of ether oxygens (including phenoxy) is 1. The van der Waals surface area contributed by atoms with Gasteiger partial charge >= 0.3 is 24.0 Å². The molecule has 1 aromatic heterocycles. The molecule has 120 valence electrons. The van der Waals surface area contributed by atoms with Crippen LogP contribution in [0.5, 0.6) is 0 Å². The molecule has 0 aliphatic heterocycles. The molecule has 0 bridgehead atoms. The third-order valence-electron chi connectivity index (χ3n) is 2.57. The fraction of sp³-hybridized carbons (Fsp3) is 0.545. The van der Waals surface area contributed by atoms with Gasteiger partial charge in [0.25, 0.3) is 0 Å². The number of halogens is 7. The normalized spacial score (nSPS) is 13.4. The molecule has 21 heavy (non-hydrogen) atoms. The molecule has 0 saturated carbocycles. The quantitative estimate of drug-likeness (QED) is 0.677. The molecule has 0 aliphatic carbocycles. The van der Waals surface area contributed by atoms with Gasteiger partial charge in [-0.3, -0.25) is 0 Å². The van der Waals surface area contributed by atoms with E-state index in [1.165, 1.54) is 6.92 Å². The molecule has 1 N–H and O–H groups in total. The van der Waals surface area contributed by atoms with Gasteiger partial charge in [0.2, 0.25) is 0 Å². The van der Waals surface area contributed by atoms with Crippen LogP contribution in [0.4, 0.5) is 30.7 Å². The summed E-state index contributed by atoms with van der Waals surface area (Å²) in [6, 6.07) is 0.716. The number of nitrogens with one attached hydrogen (secondary N) is 1. The maximum atomic E-state index is 13.5. The third-order valence-corrected chi connectivity index (χ3v) is 2.57. The Kier molecular flexibility index (Phi) is 4.31. The van der Waals surface area contributed by atoms with E-state index in [1.54, 1.807) is 4.98 Å². The van der Waals surface area contributed by atoms with Crippen LogP contribution in [-0.2, 0) is 10.7 Å². The van der Waals surface area contributed by atoms with E-state index < -0.39 is 40.9 Å². The molecule has 0 aliphatic rings. The van der Waals surface area contributed by atoms with Crippen molar-refractivity contribution in [3.8, 4) is 0 Å². The number of H-pyrrole nitrogens is 1. The van der Waals surface area contributed by atoms with Crippen LogP contribution < -0.4 is 0 Å². The first kappa shape index (κ1) is 17.3. The zero-order valence-corrected chi connectivity index (χ0v) is 10.7. The predicted octanol–water partition coefficient (Wildman–Crippen LogP) is 3.79. The van der Waals surface area contributed by atoms with Gasteiger partial charge in [0, 0.05) is 0 Å². The van der Waals surface area contributed by atoms with Gasteiger partial charge in [-0.25, -0.2) is 4.79 Å². The van der Waals surface area contributed by atoms with E-state index in [0.29, 0.717) is 6.07 Å². The van der Waals surface area contributed by atoms with Crippen molar-refractivity contribution in [1.29, 1.82) is 0 Å². The molecule has 1 aromatic rings. The van der Waals surface area contributed by atoms with Gasteiger partial charge in [-0.2, -0.15) is 30.7 Å². The van der Waals surface area contributed by atoms with E-state index in [0.717, 1.165) is 6.92 Å². The fourth-order valence-corrected chi connectivity index (χ4v) is 1.54. The monoisotopic (exact) mass is 321 g/mol. The number of aromatic amines is 1. The molecule has 1 rings (SSSR count). The number of carbonyl (C=O) groups is 1. The summed E-state index contributed by atoms with van der Waals surface area (Å²) in [5.74, 6) is -13.0. The molecule has 0 atom stereocenters. The predicted molar refractivity (Wildman–Crippen MR) is 56.4 cm³/mol. The zero-order valence-electron chi connectivity index (χ0n) is 10.7. The summed E-state index contributed by atoms with van der Waals surface area (Å²) >= 11 is 0. The first-order valence-corrected chi connectivity index (χ1v) is 5.55. The van der Waals surface area contributed by atoms with Gasteiger partial charge < -0.3 is 9.72 Å². The SMILES string of the molecule is CCOC(=O)c1cc(C)c(C(F)(F)C(F)(F)C(F)(F)F)[nH]1. The molecule has 0 saturated heterocycles. The smallest absolute Gasteiger partial charge is 0.460 e. The van der Waals surface area contributed by atoms with Crippen molar-refractivity contribution in [1.82, 2.24) is 4.98 Å². The van der Waals surface area contributed by atoms with E-state index >= 15 is 0 Å². The summed E-state index contributed by atoms with van der Waals surface area (Å²) in [4.78, 5) is 12.9. The van der Waals surface area contributed by atoms with Gasteiger partial charge in [-0.05, 0) is 25.5 Å². The Labute approximate surface area is 114 Å². The van der Waals surface area contributed by atoms with Crippen molar-refractivity contribution in [2.45, 2.75) is 31.9 Å². The Morgan fingerprint density at radius 1 is 1.19 bits per heavy atom. The Balaban J connectivity index is 3.30. The van der Waals surface area contributed by atoms with Crippen LogP contribution in [-0.4, -0.2) is 29.7 Å². The van der Waals surface area contributed by atoms with Crippen LogP contribution in [0.15, 0.2) is 6.07 Å². The van der Waals surface area contributed by atoms with Crippen molar-refractivity contribution in [2.75, 3.05) is 6.61 Å². The fourth-order valence-electron chi connectivity index (χ4n) is 1.54. The van der Waals surface area contributed by atoms with Crippen molar-refractivity contribution in [3.63, 3.8) is 0 Å². The number of hydrogen-bond acceptors (Lipinski definition) is 2. The van der Waals surface area contributed by atoms with Crippen LogP contribution in [0.3, 0.4) is 0 Å². The second kappa shape index (κ2) is 5.23. The number of alkyl halides is 7. The average molecular weight is 321 g/mol. The maximum Gasteiger partial charge on any atom is 0.460 e. The molecular weight excluding hydrogens is 311 g/mol. The molecule has 3 nitrogen and oxygen atoms in total. The van der Waals surface area contributed by atoms with E-state index in [4.69, 9.17) is 0 Å². The summed E-state index contributed by atoms with van der Waals surface area (Å²) in [5.41, 5.74) is -2.94. The third kappa shape index (κ3) is 2.84. The Hall–Kier alpha value is -1.74. The van der Waals surface area contributed by atoms with Gasteiger partial charge in [-0.15, -0.1) is 0 Å². The highest BCUT2D eigenvalue weighted by Crippen LogP contribution is 2.52. The minimum absolute atomic E-state index is 0.124. The second-order valence-electron chi connectivity index (χ2n) is 4.11. The highest BCUT2D eigenvalue weighted by molar-refractivity contribution is 5.87. The summed E-state index contributed by atoms with van der Waals surface area (Å²) in [7, 11) is 0. The molecular formula is C11H10F7NO2. The Morgan fingerprint density at radius 3 is 2.14 bits per heavy atom. The minimum atomic E-state index is -6.45. The first-order chi connectivity index (χ1) is 9.36. The molecule has 0 radical (unpaired) electrons. The largest absolute Gasteiger partial charge is 0.461 e. The molecule has 0 spiro atoms. The van der Waals surface area contributed by atoms with E-state index in [1.807, 2.05) is 0 Å². The number of hydrogen-bond donors (Lipinski definition) is 1.